The number of hydrogen-bond acceptors (Lipinski definition) is 15. The number of nitrogens with two attached hydrogens (primary N) is 2. The first kappa shape index (κ1) is 43.2. The zero-order valence-corrected chi connectivity index (χ0v) is 33.9. The molecule has 5 amide bonds. The number of anilines is 2. The summed E-state index contributed by atoms with van der Waals surface area (Å²) in [6.07, 6.45) is 6.56. The number of ether oxygens (including phenoxy) is 4. The molecule has 2 fully saturated rings. The topological polar surface area (TPSA) is 257 Å². The number of fused-ring (bicyclic) bond motifs is 2. The van der Waals surface area contributed by atoms with Gasteiger partial charge in [0.2, 0.25) is 17.8 Å². The van der Waals surface area contributed by atoms with Crippen LogP contribution in [0.25, 0.3) is 10.9 Å². The van der Waals surface area contributed by atoms with Crippen LogP contribution in [0.3, 0.4) is 0 Å². The van der Waals surface area contributed by atoms with Gasteiger partial charge in [0.25, 0.3) is 17.7 Å². The van der Waals surface area contributed by atoms with Crippen LogP contribution in [0.4, 0.5) is 11.6 Å². The van der Waals surface area contributed by atoms with E-state index in [1.807, 2.05) is 30.5 Å². The van der Waals surface area contributed by atoms with Gasteiger partial charge < -0.3 is 45.6 Å². The lowest BCUT2D eigenvalue weighted by Crippen LogP contribution is -2.54. The summed E-state index contributed by atoms with van der Waals surface area (Å²) in [5.74, 6) is -2.53. The molecule has 0 radical (unpaired) electrons. The zero-order valence-electron chi connectivity index (χ0n) is 33.9. The van der Waals surface area contributed by atoms with Crippen molar-refractivity contribution in [2.75, 3.05) is 70.0 Å². The fraction of sp³-hybridized carbons (Fsp3) is 0.476. The Morgan fingerprint density at radius 3 is 2.30 bits per heavy atom. The number of primary amides is 1. The number of hydrogen-bond donors (Lipinski definition) is 5. The van der Waals surface area contributed by atoms with Gasteiger partial charge in [0.15, 0.2) is 5.69 Å². The molecule has 1 unspecified atom stereocenters. The molecule has 19 heteroatoms. The van der Waals surface area contributed by atoms with E-state index in [1.54, 1.807) is 18.2 Å². The molecular weight excluding hydrogens is 789 g/mol. The monoisotopic (exact) mass is 840 g/mol. The van der Waals surface area contributed by atoms with Crippen LogP contribution in [-0.2, 0) is 41.5 Å². The van der Waals surface area contributed by atoms with Crippen LogP contribution in [0.5, 0.6) is 0 Å². The molecule has 2 aromatic heterocycles. The largest absolute Gasteiger partial charge is 0.382 e. The Kier molecular flexibility index (Phi) is 14.6. The molecule has 4 heterocycles. The average Bonchev–Trinajstić information content (AvgIpc) is 3.78. The number of carbonyl (C=O) groups excluding carboxylic acids is 5. The minimum absolute atomic E-state index is 0.00438. The van der Waals surface area contributed by atoms with Gasteiger partial charge in [-0.25, -0.2) is 4.98 Å². The quantitative estimate of drug-likeness (QED) is 0.0558. The lowest BCUT2D eigenvalue weighted by atomic mass is 9.91. The van der Waals surface area contributed by atoms with E-state index in [2.05, 4.69) is 35.7 Å². The fourth-order valence-corrected chi connectivity index (χ4v) is 7.90. The van der Waals surface area contributed by atoms with Crippen molar-refractivity contribution >= 4 is 52.1 Å². The highest BCUT2D eigenvalue weighted by Gasteiger charge is 2.45. The molecule has 4 aromatic rings. The highest BCUT2D eigenvalue weighted by Crippen LogP contribution is 2.32. The van der Waals surface area contributed by atoms with Gasteiger partial charge in [-0.05, 0) is 49.1 Å². The predicted molar refractivity (Wildman–Crippen MR) is 222 cm³/mol. The number of rotatable bonds is 22. The second-order valence-corrected chi connectivity index (χ2v) is 15.1. The molecule has 0 bridgehead atoms. The third-order valence-corrected chi connectivity index (χ3v) is 11.0. The minimum atomic E-state index is -1.02. The summed E-state index contributed by atoms with van der Waals surface area (Å²) in [5, 5.41) is 17.9. The van der Waals surface area contributed by atoms with Crippen LogP contribution in [-0.4, -0.2) is 132 Å². The second kappa shape index (κ2) is 20.6. The summed E-state index contributed by atoms with van der Waals surface area (Å²) in [6.45, 7) is 4.20. The van der Waals surface area contributed by atoms with Crippen molar-refractivity contribution in [2.45, 2.75) is 69.6 Å². The minimum Gasteiger partial charge on any atom is -0.382 e. The van der Waals surface area contributed by atoms with E-state index in [-0.39, 0.29) is 41.7 Å². The van der Waals surface area contributed by atoms with E-state index in [0.717, 1.165) is 47.0 Å². The molecule has 7 rings (SSSR count). The summed E-state index contributed by atoms with van der Waals surface area (Å²) in [4.78, 5) is 68.0. The third kappa shape index (κ3) is 10.5. The fourth-order valence-electron chi connectivity index (χ4n) is 7.90. The molecule has 2 aliphatic heterocycles. The number of amides is 5. The van der Waals surface area contributed by atoms with Crippen LogP contribution in [0.2, 0.25) is 0 Å². The molecule has 1 saturated carbocycles. The number of piperidine rings is 1. The van der Waals surface area contributed by atoms with Crippen LogP contribution in [0.1, 0.15) is 81.0 Å². The van der Waals surface area contributed by atoms with E-state index in [9.17, 15) is 24.0 Å². The summed E-state index contributed by atoms with van der Waals surface area (Å²) in [7, 11) is 0. The molecule has 61 heavy (non-hydrogen) atoms. The normalized spacial score (nSPS) is 19.0. The Bertz CT molecular complexity index is 2230. The number of imide groups is 2. The van der Waals surface area contributed by atoms with E-state index < -0.39 is 35.6 Å². The van der Waals surface area contributed by atoms with Crippen molar-refractivity contribution in [2.24, 2.45) is 11.5 Å². The summed E-state index contributed by atoms with van der Waals surface area (Å²) in [6, 6.07) is 12.0. The van der Waals surface area contributed by atoms with Gasteiger partial charge in [-0.1, -0.05) is 31.0 Å². The zero-order chi connectivity index (χ0) is 42.7. The molecule has 324 valence electrons. The number of carbonyl (C=O) groups is 5. The average molecular weight is 841 g/mol. The standard InChI is InChI=1S/C42H52N10O9/c43-29-7-1-2-8-30(29)46-42-47-32(37(38(44)54)49-50-42)25-26-5-3-10-33-27(26)13-15-51(33)16-18-59-20-22-61-24-23-60-21-19-58-17-14-45-31-9-4-6-28-36(31)41(57)52(40(28)56)34-11-12-35(53)48-39(34)55/h3-6,9-10,13,15,29-30,34,45H,1-2,7-8,11-12,14,16-25,43H2,(H2,44,54)(H,46,47,50)(H,48,53,55)/t29-,30+,34?/m0/s1. The van der Waals surface area contributed by atoms with Crippen molar-refractivity contribution in [1.29, 1.82) is 0 Å². The van der Waals surface area contributed by atoms with Crippen LogP contribution in [0.15, 0.2) is 48.7 Å². The molecule has 3 aliphatic rings. The molecule has 2 aromatic carbocycles. The van der Waals surface area contributed by atoms with Crippen molar-refractivity contribution in [3.63, 3.8) is 0 Å². The number of nitrogens with zero attached hydrogens (tertiary/aromatic N) is 5. The van der Waals surface area contributed by atoms with E-state index in [1.165, 1.54) is 0 Å². The predicted octanol–water partition coefficient (Wildman–Crippen LogP) is 1.78. The number of aromatic nitrogens is 4. The van der Waals surface area contributed by atoms with Gasteiger partial charge in [-0.15, -0.1) is 10.2 Å². The second-order valence-electron chi connectivity index (χ2n) is 15.1. The third-order valence-electron chi connectivity index (χ3n) is 11.0. The Balaban J connectivity index is 0.753. The van der Waals surface area contributed by atoms with Gasteiger partial charge in [0.1, 0.15) is 6.04 Å². The van der Waals surface area contributed by atoms with Gasteiger partial charge in [0.05, 0.1) is 69.7 Å². The first-order valence-corrected chi connectivity index (χ1v) is 20.7. The Morgan fingerprint density at radius 2 is 1.56 bits per heavy atom. The van der Waals surface area contributed by atoms with Gasteiger partial charge in [0, 0.05) is 60.8 Å². The van der Waals surface area contributed by atoms with Gasteiger partial charge in [-0.2, -0.15) is 0 Å². The summed E-state index contributed by atoms with van der Waals surface area (Å²) < 4.78 is 24.8. The highest BCUT2D eigenvalue weighted by molar-refractivity contribution is 6.25. The van der Waals surface area contributed by atoms with E-state index in [0.29, 0.717) is 89.7 Å². The lowest BCUT2D eigenvalue weighted by Gasteiger charge is -2.29. The Labute approximate surface area is 352 Å². The summed E-state index contributed by atoms with van der Waals surface area (Å²) >= 11 is 0. The van der Waals surface area contributed by atoms with Crippen LogP contribution in [0, 0.1) is 0 Å². The van der Waals surface area contributed by atoms with Crippen molar-refractivity contribution in [3.05, 3.63) is 76.7 Å². The Morgan fingerprint density at radius 1 is 0.836 bits per heavy atom. The highest BCUT2D eigenvalue weighted by atomic mass is 16.6. The first-order valence-electron chi connectivity index (χ1n) is 20.7. The van der Waals surface area contributed by atoms with E-state index >= 15 is 0 Å². The molecular formula is C42H52N10O9. The Hall–Kier alpha value is -5.86. The summed E-state index contributed by atoms with van der Waals surface area (Å²) in [5.41, 5.74) is 15.4. The molecule has 0 spiro atoms. The van der Waals surface area contributed by atoms with Crippen LogP contribution < -0.4 is 27.4 Å². The lowest BCUT2D eigenvalue weighted by molar-refractivity contribution is -0.136. The van der Waals surface area contributed by atoms with Gasteiger partial charge in [-0.3, -0.25) is 34.2 Å². The molecule has 19 nitrogen and oxygen atoms in total. The number of nitrogens with one attached hydrogen (secondary N) is 3. The maximum absolute atomic E-state index is 13.2. The maximum atomic E-state index is 13.2. The SMILES string of the molecule is NC(=O)c1nnc(N[C@@H]2CCCC[C@@H]2N)nc1Cc1cccc2c1ccn2CCOCCOCCOCCOCCNc1cccc2c1C(=O)N(C1CCC(=O)NC1=O)C2=O. The van der Waals surface area contributed by atoms with Crippen molar-refractivity contribution in [1.82, 2.24) is 30.0 Å². The molecule has 1 saturated heterocycles. The molecule has 1 aliphatic carbocycles. The molecule has 3 atom stereocenters. The number of benzene rings is 2. The maximum Gasteiger partial charge on any atom is 0.271 e. The molecule has 7 N–H and O–H groups in total. The van der Waals surface area contributed by atoms with E-state index in [4.69, 9.17) is 30.4 Å². The first-order chi connectivity index (χ1) is 29.7. The van der Waals surface area contributed by atoms with Crippen LogP contribution >= 0.6 is 0 Å². The smallest absolute Gasteiger partial charge is 0.271 e. The van der Waals surface area contributed by atoms with Crippen molar-refractivity contribution < 1.29 is 42.9 Å². The van der Waals surface area contributed by atoms with Crippen molar-refractivity contribution in [3.8, 4) is 0 Å². The van der Waals surface area contributed by atoms with Gasteiger partial charge >= 0.3 is 0 Å².